The highest BCUT2D eigenvalue weighted by molar-refractivity contribution is 6.04. The molecule has 0 spiro atoms. The van der Waals surface area contributed by atoms with Crippen molar-refractivity contribution >= 4 is 34.5 Å². The van der Waals surface area contributed by atoms with Crippen LogP contribution in [-0.4, -0.2) is 52.5 Å². The number of fused-ring (bicyclic) bond motifs is 1. The lowest BCUT2D eigenvalue weighted by atomic mass is 9.94. The van der Waals surface area contributed by atoms with Gasteiger partial charge in [0, 0.05) is 11.7 Å². The molecule has 1 aliphatic rings. The summed E-state index contributed by atoms with van der Waals surface area (Å²) in [5.41, 5.74) is 2.60. The number of para-hydroxylation sites is 1. The first-order valence-electron chi connectivity index (χ1n) is 14.8. The molecule has 1 saturated carbocycles. The van der Waals surface area contributed by atoms with Crippen molar-refractivity contribution in [3.63, 3.8) is 0 Å². The predicted molar refractivity (Wildman–Crippen MR) is 163 cm³/mol. The van der Waals surface area contributed by atoms with E-state index in [1.165, 1.54) is 4.90 Å². The number of benzene rings is 3. The van der Waals surface area contributed by atoms with E-state index in [1.807, 2.05) is 24.3 Å². The summed E-state index contributed by atoms with van der Waals surface area (Å²) in [4.78, 5) is 43.1. The first kappa shape index (κ1) is 29.8. The number of hydrogen-bond acceptors (Lipinski definition) is 7. The lowest BCUT2D eigenvalue weighted by molar-refractivity contribution is -0.128. The number of aromatic nitrogens is 3. The Bertz CT molecular complexity index is 1580. The zero-order valence-electron chi connectivity index (χ0n) is 24.7. The second-order valence-corrected chi connectivity index (χ2v) is 10.7. The number of rotatable bonds is 10. The molecule has 2 atom stereocenters. The molecule has 1 fully saturated rings. The summed E-state index contributed by atoms with van der Waals surface area (Å²) in [5.74, 6) is -0.585. The number of anilines is 1. The summed E-state index contributed by atoms with van der Waals surface area (Å²) < 4.78 is 12.2. The Hall–Kier alpha value is -4.73. The third kappa shape index (κ3) is 6.53. The van der Waals surface area contributed by atoms with E-state index < -0.39 is 24.0 Å². The molecule has 3 aromatic carbocycles. The van der Waals surface area contributed by atoms with E-state index in [-0.39, 0.29) is 24.1 Å². The quantitative estimate of drug-likeness (QED) is 0.249. The molecular weight excluding hydrogens is 546 g/mol. The Labute approximate surface area is 251 Å². The summed E-state index contributed by atoms with van der Waals surface area (Å²) >= 11 is 0. The fourth-order valence-electron chi connectivity index (χ4n) is 5.61. The first-order valence-corrected chi connectivity index (χ1v) is 14.8. The number of carbonyl (C=O) groups is 3. The molecule has 0 unspecified atom stereocenters. The van der Waals surface area contributed by atoms with Gasteiger partial charge in [0.05, 0.1) is 24.8 Å². The Kier molecular flexibility index (Phi) is 9.34. The van der Waals surface area contributed by atoms with Crippen LogP contribution >= 0.6 is 0 Å². The topological polar surface area (TPSA) is 116 Å². The lowest BCUT2D eigenvalue weighted by Crippen LogP contribution is -2.49. The summed E-state index contributed by atoms with van der Waals surface area (Å²) in [6.45, 7) is 3.67. The summed E-state index contributed by atoms with van der Waals surface area (Å²) in [5, 5.41) is 11.7. The van der Waals surface area contributed by atoms with Crippen molar-refractivity contribution in [2.45, 2.75) is 64.1 Å². The Balaban J connectivity index is 1.63. The van der Waals surface area contributed by atoms with E-state index in [0.29, 0.717) is 28.0 Å². The molecule has 43 heavy (non-hydrogen) atoms. The van der Waals surface area contributed by atoms with Crippen molar-refractivity contribution < 1.29 is 23.9 Å². The Morgan fingerprint density at radius 1 is 1.00 bits per heavy atom. The van der Waals surface area contributed by atoms with E-state index in [1.54, 1.807) is 74.2 Å². The van der Waals surface area contributed by atoms with Crippen LogP contribution in [0.3, 0.4) is 0 Å². The summed E-state index contributed by atoms with van der Waals surface area (Å²) in [6, 6.07) is 19.3. The van der Waals surface area contributed by atoms with Crippen molar-refractivity contribution in [3.8, 4) is 5.75 Å². The van der Waals surface area contributed by atoms with E-state index in [9.17, 15) is 14.4 Å². The fourth-order valence-corrected chi connectivity index (χ4v) is 5.61. The van der Waals surface area contributed by atoms with E-state index in [2.05, 4.69) is 15.6 Å². The van der Waals surface area contributed by atoms with Crippen LogP contribution in [0.2, 0.25) is 0 Å². The number of ether oxygens (including phenoxy) is 2. The fraction of sp³-hybridized carbons (Fsp3) is 0.364. The molecule has 0 radical (unpaired) electrons. The average molecular weight is 584 g/mol. The third-order valence-corrected chi connectivity index (χ3v) is 7.86. The predicted octanol–water partition coefficient (Wildman–Crippen LogP) is 5.40. The van der Waals surface area contributed by atoms with Crippen LogP contribution < -0.4 is 15.0 Å². The summed E-state index contributed by atoms with van der Waals surface area (Å²) in [7, 11) is 1.57. The van der Waals surface area contributed by atoms with Gasteiger partial charge in [-0.3, -0.25) is 14.5 Å². The molecule has 4 aromatic rings. The van der Waals surface area contributed by atoms with E-state index >= 15 is 0 Å². The maximum Gasteiger partial charge on any atom is 0.338 e. The second kappa shape index (κ2) is 13.5. The van der Waals surface area contributed by atoms with Gasteiger partial charge >= 0.3 is 5.97 Å². The Morgan fingerprint density at radius 2 is 1.74 bits per heavy atom. The molecule has 1 N–H and O–H groups in total. The van der Waals surface area contributed by atoms with Crippen molar-refractivity contribution in [2.75, 3.05) is 18.6 Å². The zero-order valence-corrected chi connectivity index (χ0v) is 24.7. The van der Waals surface area contributed by atoms with Gasteiger partial charge < -0.3 is 14.8 Å². The molecular formula is C33H37N5O5. The molecule has 10 nitrogen and oxygen atoms in total. The van der Waals surface area contributed by atoms with Crippen molar-refractivity contribution in [3.05, 3.63) is 83.9 Å². The highest BCUT2D eigenvalue weighted by atomic mass is 16.5. The number of hydrogen-bond donors (Lipinski definition) is 1. The maximum atomic E-state index is 14.6. The van der Waals surface area contributed by atoms with Crippen molar-refractivity contribution in [1.82, 2.24) is 20.3 Å². The molecule has 224 valence electrons. The van der Waals surface area contributed by atoms with Crippen LogP contribution in [0.4, 0.5) is 5.69 Å². The number of nitrogens with one attached hydrogen (secondary N) is 1. The normalized spacial score (nSPS) is 15.0. The highest BCUT2D eigenvalue weighted by Gasteiger charge is 2.37. The van der Waals surface area contributed by atoms with Gasteiger partial charge in [0.1, 0.15) is 23.3 Å². The van der Waals surface area contributed by atoms with Gasteiger partial charge in [-0.05, 0) is 74.7 Å². The largest absolute Gasteiger partial charge is 0.497 e. The number of amides is 2. The van der Waals surface area contributed by atoms with Gasteiger partial charge in [0.25, 0.3) is 5.91 Å². The minimum atomic E-state index is -1.05. The maximum absolute atomic E-state index is 14.6. The molecule has 5 rings (SSSR count). The minimum Gasteiger partial charge on any atom is -0.497 e. The molecule has 2 amide bonds. The second-order valence-electron chi connectivity index (χ2n) is 10.7. The SMILES string of the molecule is CCOC(=O)c1cccc(N(C(=O)[C@@H](C)n2nnc3ccccc32)[C@H](C(=O)NC2CCCCC2)c2ccc(OC)cc2)c1. The molecule has 1 heterocycles. The lowest BCUT2D eigenvalue weighted by Gasteiger charge is -2.35. The molecule has 0 saturated heterocycles. The first-order chi connectivity index (χ1) is 20.9. The standard InChI is InChI=1S/C33H37N5O5/c1-4-43-33(41)24-11-10-14-26(21-24)37(32(40)22(2)38-29-16-9-8-15-28(29)35-36-38)30(23-17-19-27(42-3)20-18-23)31(39)34-25-12-6-5-7-13-25/h8-11,14-22,25,30H,4-7,12-13H2,1-3H3,(H,34,39)/t22-,30+/m1/s1. The van der Waals surface area contributed by atoms with E-state index in [4.69, 9.17) is 9.47 Å². The molecule has 0 aliphatic heterocycles. The van der Waals surface area contributed by atoms with Crippen LogP contribution in [-0.2, 0) is 14.3 Å². The van der Waals surface area contributed by atoms with Gasteiger partial charge in [-0.15, -0.1) is 5.10 Å². The minimum absolute atomic E-state index is 0.0153. The Morgan fingerprint density at radius 3 is 2.47 bits per heavy atom. The zero-order chi connectivity index (χ0) is 30.3. The number of methoxy groups -OCH3 is 1. The van der Waals surface area contributed by atoms with Crippen molar-refractivity contribution in [2.24, 2.45) is 0 Å². The highest BCUT2D eigenvalue weighted by Crippen LogP contribution is 2.33. The summed E-state index contributed by atoms with van der Waals surface area (Å²) in [6.07, 6.45) is 4.99. The average Bonchev–Trinajstić information content (AvgIpc) is 3.48. The molecule has 10 heteroatoms. The van der Waals surface area contributed by atoms with Crippen LogP contribution in [0.15, 0.2) is 72.8 Å². The van der Waals surface area contributed by atoms with E-state index in [0.717, 1.165) is 32.1 Å². The monoisotopic (exact) mass is 583 g/mol. The van der Waals surface area contributed by atoms with Gasteiger partial charge in [0.15, 0.2) is 0 Å². The third-order valence-electron chi connectivity index (χ3n) is 7.86. The van der Waals surface area contributed by atoms with Crippen molar-refractivity contribution in [1.29, 1.82) is 0 Å². The number of carbonyl (C=O) groups excluding carboxylic acids is 3. The van der Waals surface area contributed by atoms with Crippen LogP contribution in [0.1, 0.15) is 74.0 Å². The molecule has 1 aliphatic carbocycles. The van der Waals surface area contributed by atoms with Crippen LogP contribution in [0, 0.1) is 0 Å². The van der Waals surface area contributed by atoms with Gasteiger partial charge in [-0.25, -0.2) is 9.48 Å². The van der Waals surface area contributed by atoms with Crippen LogP contribution in [0.5, 0.6) is 5.75 Å². The molecule has 0 bridgehead atoms. The van der Waals surface area contributed by atoms with Gasteiger partial charge in [0.2, 0.25) is 5.91 Å². The molecule has 1 aromatic heterocycles. The van der Waals surface area contributed by atoms with Gasteiger partial charge in [-0.2, -0.15) is 0 Å². The number of esters is 1. The smallest absolute Gasteiger partial charge is 0.338 e. The number of nitrogens with zero attached hydrogens (tertiary/aromatic N) is 4. The van der Waals surface area contributed by atoms with Gasteiger partial charge in [-0.1, -0.05) is 54.8 Å². The van der Waals surface area contributed by atoms with Crippen LogP contribution in [0.25, 0.3) is 11.0 Å².